The molecule has 0 radical (unpaired) electrons. The van der Waals surface area contributed by atoms with Crippen LogP contribution in [-0.2, 0) is 26.4 Å². The topological polar surface area (TPSA) is 92.1 Å². The van der Waals surface area contributed by atoms with Crippen LogP contribution in [0.1, 0.15) is 58.6 Å². The standard InChI is InChI=1S/C26H31N5O2/c1-31-16-20(14-28-31)18-8-6-17(7-9-18)12-19-13-23(29-24-15-27-11-10-21(19)24)26(33)30-22-4-2-3-5-25(22)32/h6-9,13-14,16,22,25,27,32H,2-5,10-12,15H2,1H3,(H,30,33)/t22-,25-/m0/s1. The summed E-state index contributed by atoms with van der Waals surface area (Å²) in [6, 6.07) is 10.3. The van der Waals surface area contributed by atoms with Gasteiger partial charge in [0.2, 0.25) is 0 Å². The summed E-state index contributed by atoms with van der Waals surface area (Å²) in [5.41, 5.74) is 7.24. The number of aryl methyl sites for hydroxylation is 1. The van der Waals surface area contributed by atoms with Crippen molar-refractivity contribution in [3.8, 4) is 11.1 Å². The Bertz CT molecular complexity index is 1140. The summed E-state index contributed by atoms with van der Waals surface area (Å²) in [6.07, 6.45) is 8.68. The van der Waals surface area contributed by atoms with Crippen LogP contribution >= 0.6 is 0 Å². The smallest absolute Gasteiger partial charge is 0.270 e. The van der Waals surface area contributed by atoms with E-state index in [1.807, 2.05) is 25.5 Å². The van der Waals surface area contributed by atoms with Crippen molar-refractivity contribution in [3.63, 3.8) is 0 Å². The van der Waals surface area contributed by atoms with Crippen LogP contribution in [0.4, 0.5) is 0 Å². The molecule has 2 aromatic heterocycles. The van der Waals surface area contributed by atoms with Crippen molar-refractivity contribution in [1.29, 1.82) is 0 Å². The fraction of sp³-hybridized carbons (Fsp3) is 0.423. The van der Waals surface area contributed by atoms with Crippen molar-refractivity contribution in [3.05, 3.63) is 70.8 Å². The van der Waals surface area contributed by atoms with E-state index in [4.69, 9.17) is 4.98 Å². The Hall–Kier alpha value is -3.03. The van der Waals surface area contributed by atoms with E-state index in [1.54, 1.807) is 4.68 Å². The van der Waals surface area contributed by atoms with Gasteiger partial charge in [-0.3, -0.25) is 9.48 Å². The lowest BCUT2D eigenvalue weighted by Gasteiger charge is -2.28. The van der Waals surface area contributed by atoms with E-state index in [0.29, 0.717) is 12.2 Å². The van der Waals surface area contributed by atoms with Crippen molar-refractivity contribution in [2.75, 3.05) is 6.54 Å². The summed E-state index contributed by atoms with van der Waals surface area (Å²) < 4.78 is 1.80. The Morgan fingerprint density at radius 2 is 2.03 bits per heavy atom. The second-order valence-corrected chi connectivity index (χ2v) is 9.23. The fourth-order valence-corrected chi connectivity index (χ4v) is 4.96. The molecule has 1 aliphatic carbocycles. The third kappa shape index (κ3) is 4.84. The second-order valence-electron chi connectivity index (χ2n) is 9.23. The molecule has 172 valence electrons. The summed E-state index contributed by atoms with van der Waals surface area (Å²) in [4.78, 5) is 17.7. The molecule has 1 fully saturated rings. The highest BCUT2D eigenvalue weighted by atomic mass is 16.3. The lowest BCUT2D eigenvalue weighted by molar-refractivity contribution is 0.0713. The van der Waals surface area contributed by atoms with E-state index in [9.17, 15) is 9.90 Å². The maximum Gasteiger partial charge on any atom is 0.270 e. The van der Waals surface area contributed by atoms with Crippen LogP contribution in [0, 0.1) is 0 Å². The molecule has 1 amide bonds. The number of carbonyl (C=O) groups is 1. The number of hydrogen-bond acceptors (Lipinski definition) is 5. The maximum atomic E-state index is 13.0. The van der Waals surface area contributed by atoms with Gasteiger partial charge in [-0.25, -0.2) is 4.98 Å². The monoisotopic (exact) mass is 445 g/mol. The second kappa shape index (κ2) is 9.45. The molecule has 0 saturated heterocycles. The molecule has 7 nitrogen and oxygen atoms in total. The van der Waals surface area contributed by atoms with Gasteiger partial charge in [-0.15, -0.1) is 0 Å². The average molecular weight is 446 g/mol. The van der Waals surface area contributed by atoms with Gasteiger partial charge < -0.3 is 15.7 Å². The number of aliphatic hydroxyl groups excluding tert-OH is 1. The summed E-state index contributed by atoms with van der Waals surface area (Å²) in [7, 11) is 1.92. The molecule has 2 atom stereocenters. The van der Waals surface area contributed by atoms with Crippen molar-refractivity contribution >= 4 is 5.91 Å². The summed E-state index contributed by atoms with van der Waals surface area (Å²) in [5.74, 6) is -0.192. The molecule has 5 rings (SSSR count). The van der Waals surface area contributed by atoms with E-state index >= 15 is 0 Å². The lowest BCUT2D eigenvalue weighted by Crippen LogP contribution is -2.45. The number of pyridine rings is 1. The van der Waals surface area contributed by atoms with Gasteiger partial charge in [-0.2, -0.15) is 5.10 Å². The quantitative estimate of drug-likeness (QED) is 0.562. The molecule has 33 heavy (non-hydrogen) atoms. The predicted octanol–water partition coefficient (Wildman–Crippen LogP) is 2.75. The van der Waals surface area contributed by atoms with Crippen LogP contribution in [0.15, 0.2) is 42.7 Å². The molecule has 1 aromatic carbocycles. The molecule has 1 aliphatic heterocycles. The minimum atomic E-state index is -0.472. The SMILES string of the molecule is Cn1cc(-c2ccc(Cc3cc(C(=O)N[C@H]4CCCC[C@@H]4O)nc4c3CCNC4)cc2)cn1. The molecule has 0 unspecified atom stereocenters. The van der Waals surface area contributed by atoms with Gasteiger partial charge in [0, 0.05) is 25.4 Å². The van der Waals surface area contributed by atoms with E-state index in [1.165, 1.54) is 11.1 Å². The summed E-state index contributed by atoms with van der Waals surface area (Å²) in [6.45, 7) is 1.59. The van der Waals surface area contributed by atoms with Crippen molar-refractivity contribution in [2.24, 2.45) is 7.05 Å². The van der Waals surface area contributed by atoms with E-state index in [-0.39, 0.29) is 11.9 Å². The Balaban J connectivity index is 1.39. The molecule has 3 N–H and O–H groups in total. The van der Waals surface area contributed by atoms with Gasteiger partial charge in [-0.05, 0) is 60.5 Å². The summed E-state index contributed by atoms with van der Waals surface area (Å²) >= 11 is 0. The van der Waals surface area contributed by atoms with Gasteiger partial charge in [0.15, 0.2) is 0 Å². The first-order valence-electron chi connectivity index (χ1n) is 11.9. The number of hydrogen-bond donors (Lipinski definition) is 3. The number of fused-ring (bicyclic) bond motifs is 1. The maximum absolute atomic E-state index is 13.0. The average Bonchev–Trinajstić information content (AvgIpc) is 3.27. The zero-order valence-corrected chi connectivity index (χ0v) is 19.1. The predicted molar refractivity (Wildman–Crippen MR) is 127 cm³/mol. The zero-order chi connectivity index (χ0) is 22.8. The molecule has 0 spiro atoms. The largest absolute Gasteiger partial charge is 0.391 e. The van der Waals surface area contributed by atoms with Crippen LogP contribution < -0.4 is 10.6 Å². The van der Waals surface area contributed by atoms with Gasteiger partial charge >= 0.3 is 0 Å². The Morgan fingerprint density at radius 1 is 1.21 bits per heavy atom. The first-order chi connectivity index (χ1) is 16.1. The van der Waals surface area contributed by atoms with Gasteiger partial charge in [0.05, 0.1) is 24.0 Å². The minimum Gasteiger partial charge on any atom is -0.391 e. The number of benzene rings is 1. The van der Waals surface area contributed by atoms with Crippen LogP contribution in [0.2, 0.25) is 0 Å². The Morgan fingerprint density at radius 3 is 2.79 bits per heavy atom. The number of rotatable bonds is 5. The molecule has 3 aromatic rings. The first kappa shape index (κ1) is 21.8. The van der Waals surface area contributed by atoms with Crippen LogP contribution in [0.3, 0.4) is 0 Å². The van der Waals surface area contributed by atoms with Gasteiger partial charge in [0.25, 0.3) is 5.91 Å². The Kier molecular flexibility index (Phi) is 6.24. The first-order valence-corrected chi connectivity index (χ1v) is 11.9. The third-order valence-electron chi connectivity index (χ3n) is 6.81. The number of nitrogens with zero attached hydrogens (tertiary/aromatic N) is 3. The van der Waals surface area contributed by atoms with Crippen molar-refractivity contribution in [2.45, 2.75) is 57.2 Å². The molecule has 0 bridgehead atoms. The molecular formula is C26H31N5O2. The molecule has 2 aliphatic rings. The van der Waals surface area contributed by atoms with Crippen molar-refractivity contribution in [1.82, 2.24) is 25.4 Å². The lowest BCUT2D eigenvalue weighted by atomic mass is 9.92. The fourth-order valence-electron chi connectivity index (χ4n) is 4.96. The highest BCUT2D eigenvalue weighted by molar-refractivity contribution is 5.93. The minimum absolute atomic E-state index is 0.189. The third-order valence-corrected chi connectivity index (χ3v) is 6.81. The Labute approximate surface area is 194 Å². The van der Waals surface area contributed by atoms with E-state index < -0.39 is 6.10 Å². The normalized spacial score (nSPS) is 20.3. The zero-order valence-electron chi connectivity index (χ0n) is 19.1. The van der Waals surface area contributed by atoms with Gasteiger partial charge in [0.1, 0.15) is 5.69 Å². The van der Waals surface area contributed by atoms with Crippen LogP contribution in [0.5, 0.6) is 0 Å². The molecule has 3 heterocycles. The molecule has 7 heteroatoms. The van der Waals surface area contributed by atoms with E-state index in [2.05, 4.69) is 40.0 Å². The number of nitrogens with one attached hydrogen (secondary N) is 2. The van der Waals surface area contributed by atoms with Gasteiger partial charge in [-0.1, -0.05) is 37.1 Å². The van der Waals surface area contributed by atoms with Crippen molar-refractivity contribution < 1.29 is 9.90 Å². The highest BCUT2D eigenvalue weighted by Crippen LogP contribution is 2.25. The molecule has 1 saturated carbocycles. The number of amides is 1. The van der Waals surface area contributed by atoms with Crippen LogP contribution in [-0.4, -0.2) is 44.5 Å². The molecular weight excluding hydrogens is 414 g/mol. The highest BCUT2D eigenvalue weighted by Gasteiger charge is 2.26. The summed E-state index contributed by atoms with van der Waals surface area (Å²) in [5, 5.41) is 20.9. The number of aliphatic hydroxyl groups is 1. The number of aromatic nitrogens is 3. The van der Waals surface area contributed by atoms with E-state index in [0.717, 1.165) is 67.5 Å². The van der Waals surface area contributed by atoms with Crippen LogP contribution in [0.25, 0.3) is 11.1 Å². The number of carbonyl (C=O) groups excluding carboxylic acids is 1.